The zero-order chi connectivity index (χ0) is 19.0. The van der Waals surface area contributed by atoms with Gasteiger partial charge in [-0.1, -0.05) is 19.3 Å². The van der Waals surface area contributed by atoms with Crippen molar-refractivity contribution in [2.75, 3.05) is 19.6 Å². The first kappa shape index (κ1) is 18.3. The molecule has 4 rings (SSSR count). The van der Waals surface area contributed by atoms with E-state index in [0.29, 0.717) is 25.6 Å². The molecule has 1 unspecified atom stereocenters. The molecule has 1 aromatic heterocycles. The van der Waals surface area contributed by atoms with Gasteiger partial charge in [-0.25, -0.2) is 0 Å². The highest BCUT2D eigenvalue weighted by atomic mass is 16.2. The Morgan fingerprint density at radius 1 is 1.11 bits per heavy atom. The van der Waals surface area contributed by atoms with Gasteiger partial charge in [0.2, 0.25) is 5.91 Å². The second-order valence-electron chi connectivity index (χ2n) is 8.54. The lowest BCUT2D eigenvalue weighted by atomic mass is 9.77. The molecule has 3 aliphatic rings. The summed E-state index contributed by atoms with van der Waals surface area (Å²) in [7, 11) is 0. The Morgan fingerprint density at radius 2 is 1.89 bits per heavy atom. The van der Waals surface area contributed by atoms with Crippen LogP contribution in [-0.2, 0) is 4.79 Å². The predicted molar refractivity (Wildman–Crippen MR) is 103 cm³/mol. The first-order chi connectivity index (χ1) is 13.0. The van der Waals surface area contributed by atoms with E-state index in [1.165, 1.54) is 31.5 Å². The van der Waals surface area contributed by atoms with Gasteiger partial charge in [0.05, 0.1) is 5.41 Å². The molecule has 3 fully saturated rings. The highest BCUT2D eigenvalue weighted by Gasteiger charge is 2.50. The van der Waals surface area contributed by atoms with Crippen LogP contribution in [0.4, 0.5) is 0 Å². The summed E-state index contributed by atoms with van der Waals surface area (Å²) in [5.41, 5.74) is 0.212. The van der Waals surface area contributed by atoms with Gasteiger partial charge in [0.1, 0.15) is 5.56 Å². The Labute approximate surface area is 159 Å². The fraction of sp³-hybridized carbons (Fsp3) is 0.667. The van der Waals surface area contributed by atoms with Gasteiger partial charge in [0.25, 0.3) is 5.91 Å². The molecule has 2 saturated heterocycles. The fourth-order valence-electron chi connectivity index (χ4n) is 5.18. The van der Waals surface area contributed by atoms with E-state index in [1.54, 1.807) is 11.8 Å². The zero-order valence-electron chi connectivity index (χ0n) is 16.1. The summed E-state index contributed by atoms with van der Waals surface area (Å²) in [6.07, 6.45) is 10.00. The monoisotopic (exact) mass is 371 g/mol. The molecule has 0 aromatic carbocycles. The number of aromatic nitrogens is 1. The van der Waals surface area contributed by atoms with E-state index < -0.39 is 5.41 Å². The Balaban J connectivity index is 1.51. The van der Waals surface area contributed by atoms with Crippen molar-refractivity contribution in [3.8, 4) is 0 Å². The molecule has 27 heavy (non-hydrogen) atoms. The van der Waals surface area contributed by atoms with Crippen LogP contribution in [0, 0.1) is 12.3 Å². The van der Waals surface area contributed by atoms with E-state index in [0.717, 1.165) is 37.9 Å². The van der Waals surface area contributed by atoms with Gasteiger partial charge in [0, 0.05) is 43.6 Å². The summed E-state index contributed by atoms with van der Waals surface area (Å²) in [6, 6.07) is 1.84. The number of hydrogen-bond acceptors (Lipinski definition) is 3. The number of aromatic amines is 1. The molecule has 0 radical (unpaired) electrons. The maximum absolute atomic E-state index is 13.4. The summed E-state index contributed by atoms with van der Waals surface area (Å²) in [6.45, 7) is 3.65. The normalized spacial score (nSPS) is 26.8. The number of carbonyl (C=O) groups excluding carboxylic acids is 2. The largest absolute Gasteiger partial charge is 0.364 e. The molecule has 2 aliphatic heterocycles. The molecule has 1 saturated carbocycles. The maximum atomic E-state index is 13.4. The average molecular weight is 371 g/mol. The van der Waals surface area contributed by atoms with Gasteiger partial charge in [-0.3, -0.25) is 14.4 Å². The summed E-state index contributed by atoms with van der Waals surface area (Å²) in [5.74, 6) is -0.00974. The second-order valence-corrected chi connectivity index (χ2v) is 8.54. The van der Waals surface area contributed by atoms with Crippen molar-refractivity contribution in [3.05, 3.63) is 33.7 Å². The van der Waals surface area contributed by atoms with Gasteiger partial charge in [0.15, 0.2) is 5.43 Å². The quantitative estimate of drug-likeness (QED) is 0.868. The van der Waals surface area contributed by atoms with Crippen LogP contribution in [0.15, 0.2) is 17.1 Å². The van der Waals surface area contributed by atoms with Crippen LogP contribution in [-0.4, -0.2) is 52.3 Å². The molecule has 1 spiro atoms. The van der Waals surface area contributed by atoms with E-state index in [9.17, 15) is 14.4 Å². The van der Waals surface area contributed by atoms with Crippen molar-refractivity contribution in [2.45, 2.75) is 64.3 Å². The van der Waals surface area contributed by atoms with Crippen LogP contribution in [0.1, 0.15) is 67.4 Å². The molecule has 3 heterocycles. The van der Waals surface area contributed by atoms with Gasteiger partial charge in [-0.2, -0.15) is 0 Å². The van der Waals surface area contributed by atoms with Crippen molar-refractivity contribution in [2.24, 2.45) is 5.41 Å². The third kappa shape index (κ3) is 3.30. The summed E-state index contributed by atoms with van der Waals surface area (Å²) < 4.78 is 0. The van der Waals surface area contributed by atoms with Crippen molar-refractivity contribution in [1.82, 2.24) is 14.8 Å². The maximum Gasteiger partial charge on any atom is 0.259 e. The molecule has 1 N–H and O–H groups in total. The molecule has 6 nitrogen and oxygen atoms in total. The van der Waals surface area contributed by atoms with Crippen molar-refractivity contribution in [1.29, 1.82) is 0 Å². The lowest BCUT2D eigenvalue weighted by Crippen LogP contribution is -2.54. The zero-order valence-corrected chi connectivity index (χ0v) is 16.1. The van der Waals surface area contributed by atoms with Crippen LogP contribution in [0.5, 0.6) is 0 Å². The number of nitrogens with one attached hydrogen (secondary N) is 1. The minimum absolute atomic E-state index is 0.171. The Kier molecular flexibility index (Phi) is 4.82. The molecule has 1 aromatic rings. The average Bonchev–Trinajstić information content (AvgIpc) is 3.09. The number of pyridine rings is 1. The Hall–Kier alpha value is -2.11. The van der Waals surface area contributed by atoms with Gasteiger partial charge in [-0.05, 0) is 39.0 Å². The minimum Gasteiger partial charge on any atom is -0.364 e. The number of aryl methyl sites for hydroxylation is 1. The lowest BCUT2D eigenvalue weighted by molar-refractivity contribution is -0.149. The molecule has 0 bridgehead atoms. The number of piperidine rings is 1. The van der Waals surface area contributed by atoms with Crippen LogP contribution in [0.25, 0.3) is 0 Å². The first-order valence-corrected chi connectivity index (χ1v) is 10.3. The number of H-pyrrole nitrogens is 1. The minimum atomic E-state index is -0.442. The SMILES string of the molecule is Cc1cc(=O)c(C(=O)N2CCC3(CCCN(C4CCCCC4)C3=O)C2)c[nH]1. The molecule has 1 atom stereocenters. The van der Waals surface area contributed by atoms with Crippen LogP contribution < -0.4 is 5.43 Å². The van der Waals surface area contributed by atoms with Crippen molar-refractivity contribution in [3.63, 3.8) is 0 Å². The summed E-state index contributed by atoms with van der Waals surface area (Å²) >= 11 is 0. The number of hydrogen-bond donors (Lipinski definition) is 1. The number of carbonyl (C=O) groups is 2. The number of amides is 2. The van der Waals surface area contributed by atoms with E-state index in [2.05, 4.69) is 9.88 Å². The van der Waals surface area contributed by atoms with Crippen molar-refractivity contribution < 1.29 is 9.59 Å². The topological polar surface area (TPSA) is 73.5 Å². The highest BCUT2D eigenvalue weighted by molar-refractivity contribution is 5.95. The first-order valence-electron chi connectivity index (χ1n) is 10.3. The highest BCUT2D eigenvalue weighted by Crippen LogP contribution is 2.42. The molecule has 6 heteroatoms. The van der Waals surface area contributed by atoms with Crippen molar-refractivity contribution >= 4 is 11.8 Å². The second kappa shape index (κ2) is 7.13. The van der Waals surface area contributed by atoms with E-state index in [4.69, 9.17) is 0 Å². The smallest absolute Gasteiger partial charge is 0.259 e. The fourth-order valence-corrected chi connectivity index (χ4v) is 5.18. The van der Waals surface area contributed by atoms with E-state index in [1.807, 2.05) is 0 Å². The molecule has 146 valence electrons. The molecule has 1 aliphatic carbocycles. The number of likely N-dealkylation sites (tertiary alicyclic amines) is 2. The molecular weight excluding hydrogens is 342 g/mol. The number of rotatable bonds is 2. The summed E-state index contributed by atoms with van der Waals surface area (Å²) in [4.78, 5) is 45.2. The number of nitrogens with zero attached hydrogens (tertiary/aromatic N) is 2. The molecule has 2 amide bonds. The Bertz CT molecular complexity index is 796. The van der Waals surface area contributed by atoms with Crippen LogP contribution in [0.3, 0.4) is 0 Å². The predicted octanol–water partition coefficient (Wildman–Crippen LogP) is 2.47. The van der Waals surface area contributed by atoms with Gasteiger partial charge in [-0.15, -0.1) is 0 Å². The third-order valence-electron chi connectivity index (χ3n) is 6.71. The molecular formula is C21H29N3O3. The van der Waals surface area contributed by atoms with Gasteiger partial charge < -0.3 is 14.8 Å². The van der Waals surface area contributed by atoms with E-state index >= 15 is 0 Å². The van der Waals surface area contributed by atoms with Crippen LogP contribution in [0.2, 0.25) is 0 Å². The lowest BCUT2D eigenvalue weighted by Gasteiger charge is -2.44. The van der Waals surface area contributed by atoms with E-state index in [-0.39, 0.29) is 22.8 Å². The third-order valence-corrected chi connectivity index (χ3v) is 6.71. The standard InChI is InChI=1S/C21H29N3O3/c1-15-12-18(25)17(13-22-15)19(26)23-11-9-21(14-23)8-5-10-24(20(21)27)16-6-3-2-4-7-16/h12-13,16H,2-11,14H2,1H3,(H,22,25). The Morgan fingerprint density at radius 3 is 2.63 bits per heavy atom. The van der Waals surface area contributed by atoms with Crippen LogP contribution >= 0.6 is 0 Å². The summed E-state index contributed by atoms with van der Waals surface area (Å²) in [5, 5.41) is 0. The van der Waals surface area contributed by atoms with Gasteiger partial charge >= 0.3 is 0 Å².